The Hall–Kier alpha value is -2.72. The van der Waals surface area contributed by atoms with E-state index in [9.17, 15) is 4.79 Å². The third-order valence-corrected chi connectivity index (χ3v) is 5.61. The Bertz CT molecular complexity index is 939. The lowest BCUT2D eigenvalue weighted by Crippen LogP contribution is -2.29. The largest absolute Gasteiger partial charge is 0.489 e. The minimum Gasteiger partial charge on any atom is -0.489 e. The molecule has 3 aromatic rings. The first-order valence-corrected chi connectivity index (χ1v) is 11.5. The summed E-state index contributed by atoms with van der Waals surface area (Å²) in [6.45, 7) is 4.78. The molecule has 0 fully saturated rings. The Morgan fingerprint density at radius 2 is 1.70 bits per heavy atom. The van der Waals surface area contributed by atoms with Gasteiger partial charge in [-0.1, -0.05) is 56.3 Å². The molecule has 0 aliphatic carbocycles. The average Bonchev–Trinajstić information content (AvgIpc) is 2.78. The summed E-state index contributed by atoms with van der Waals surface area (Å²) in [4.78, 5) is 14.2. The van der Waals surface area contributed by atoms with E-state index in [-0.39, 0.29) is 11.9 Å². The maximum Gasteiger partial charge on any atom is 0.251 e. The zero-order valence-electron chi connectivity index (χ0n) is 17.8. The zero-order chi connectivity index (χ0) is 21.3. The predicted molar refractivity (Wildman–Crippen MR) is 125 cm³/mol. The first-order chi connectivity index (χ1) is 14.5. The van der Waals surface area contributed by atoms with Gasteiger partial charge in [0.05, 0.1) is 6.04 Å². The fourth-order valence-electron chi connectivity index (χ4n) is 3.31. The standard InChI is InChI=1S/C26H29NO2S/c1-19(2)16-25(21-12-14-24(30-3)15-13-21)27-26(28)22-9-7-8-20(17-22)18-29-23-10-5-4-6-11-23/h4-15,17,19,25H,16,18H2,1-3H3,(H,27,28). The Labute approximate surface area is 183 Å². The molecule has 30 heavy (non-hydrogen) atoms. The summed E-state index contributed by atoms with van der Waals surface area (Å²) in [6.07, 6.45) is 2.96. The molecule has 3 nitrogen and oxygen atoms in total. The Morgan fingerprint density at radius 1 is 0.967 bits per heavy atom. The van der Waals surface area contributed by atoms with Gasteiger partial charge in [-0.25, -0.2) is 0 Å². The summed E-state index contributed by atoms with van der Waals surface area (Å²) in [7, 11) is 0. The second-order valence-corrected chi connectivity index (χ2v) is 8.61. The number of rotatable bonds is 9. The van der Waals surface area contributed by atoms with Crippen molar-refractivity contribution in [2.75, 3.05) is 6.26 Å². The molecule has 1 unspecified atom stereocenters. The van der Waals surface area contributed by atoms with Gasteiger partial charge in [0, 0.05) is 10.5 Å². The summed E-state index contributed by atoms with van der Waals surface area (Å²) in [5.41, 5.74) is 2.76. The van der Waals surface area contributed by atoms with Crippen molar-refractivity contribution in [3.8, 4) is 5.75 Å². The molecular formula is C26H29NO2S. The van der Waals surface area contributed by atoms with Crippen LogP contribution < -0.4 is 10.1 Å². The van der Waals surface area contributed by atoms with Gasteiger partial charge in [0.15, 0.2) is 0 Å². The van der Waals surface area contributed by atoms with Gasteiger partial charge in [-0.05, 0) is 66.1 Å². The van der Waals surface area contributed by atoms with Crippen LogP contribution in [0.2, 0.25) is 0 Å². The number of nitrogens with one attached hydrogen (secondary N) is 1. The average molecular weight is 420 g/mol. The number of carbonyl (C=O) groups is 1. The van der Waals surface area contributed by atoms with Crippen molar-refractivity contribution in [2.45, 2.75) is 37.8 Å². The predicted octanol–water partition coefficient (Wildman–Crippen LogP) is 6.50. The number of thioether (sulfide) groups is 1. The smallest absolute Gasteiger partial charge is 0.251 e. The number of benzene rings is 3. The van der Waals surface area contributed by atoms with E-state index >= 15 is 0 Å². The summed E-state index contributed by atoms with van der Waals surface area (Å²) in [6, 6.07) is 25.8. The molecule has 0 spiro atoms. The van der Waals surface area contributed by atoms with Crippen LogP contribution in [0.5, 0.6) is 5.75 Å². The van der Waals surface area contributed by atoms with Gasteiger partial charge < -0.3 is 10.1 Å². The van der Waals surface area contributed by atoms with E-state index in [0.29, 0.717) is 18.1 Å². The molecule has 0 bridgehead atoms. The summed E-state index contributed by atoms with van der Waals surface area (Å²) in [5, 5.41) is 3.23. The molecular weight excluding hydrogens is 390 g/mol. The molecule has 0 heterocycles. The van der Waals surface area contributed by atoms with Crippen LogP contribution in [0.1, 0.15) is 47.8 Å². The van der Waals surface area contributed by atoms with Crippen LogP contribution >= 0.6 is 11.8 Å². The molecule has 0 aliphatic rings. The van der Waals surface area contributed by atoms with Crippen molar-refractivity contribution in [2.24, 2.45) is 5.92 Å². The molecule has 3 aromatic carbocycles. The molecule has 0 aliphatic heterocycles. The molecule has 1 amide bonds. The molecule has 0 saturated heterocycles. The highest BCUT2D eigenvalue weighted by Gasteiger charge is 2.17. The highest BCUT2D eigenvalue weighted by Crippen LogP contribution is 2.24. The van der Waals surface area contributed by atoms with E-state index in [1.807, 2.05) is 54.6 Å². The first kappa shape index (κ1) is 22.0. The summed E-state index contributed by atoms with van der Waals surface area (Å²) in [5.74, 6) is 1.23. The van der Waals surface area contributed by atoms with Gasteiger partial charge in [0.2, 0.25) is 0 Å². The van der Waals surface area contributed by atoms with Crippen molar-refractivity contribution in [1.82, 2.24) is 5.32 Å². The molecule has 156 valence electrons. The second kappa shape index (κ2) is 10.9. The molecule has 3 rings (SSSR count). The van der Waals surface area contributed by atoms with Crippen molar-refractivity contribution in [3.63, 3.8) is 0 Å². The third kappa shape index (κ3) is 6.39. The number of amides is 1. The highest BCUT2D eigenvalue weighted by molar-refractivity contribution is 7.98. The van der Waals surface area contributed by atoms with Crippen molar-refractivity contribution in [1.29, 1.82) is 0 Å². The molecule has 4 heteroatoms. The fraction of sp³-hybridized carbons (Fsp3) is 0.269. The van der Waals surface area contributed by atoms with Crippen molar-refractivity contribution >= 4 is 17.7 Å². The first-order valence-electron chi connectivity index (χ1n) is 10.3. The van der Waals surface area contributed by atoms with Crippen LogP contribution in [0.15, 0.2) is 83.8 Å². The molecule has 0 saturated carbocycles. The van der Waals surface area contributed by atoms with E-state index in [2.05, 4.69) is 49.7 Å². The van der Waals surface area contributed by atoms with Gasteiger partial charge in [0.25, 0.3) is 5.91 Å². The normalized spacial score (nSPS) is 11.9. The van der Waals surface area contributed by atoms with Crippen LogP contribution in [0.25, 0.3) is 0 Å². The van der Waals surface area contributed by atoms with E-state index in [4.69, 9.17) is 4.74 Å². The topological polar surface area (TPSA) is 38.3 Å². The number of carbonyl (C=O) groups excluding carboxylic acids is 1. The monoisotopic (exact) mass is 419 g/mol. The van der Waals surface area contributed by atoms with Crippen LogP contribution in [0.4, 0.5) is 0 Å². The fourth-order valence-corrected chi connectivity index (χ4v) is 3.72. The second-order valence-electron chi connectivity index (χ2n) is 7.73. The summed E-state index contributed by atoms with van der Waals surface area (Å²) < 4.78 is 5.82. The van der Waals surface area contributed by atoms with Gasteiger partial charge in [0.1, 0.15) is 12.4 Å². The minimum absolute atomic E-state index is 0.0161. The lowest BCUT2D eigenvalue weighted by Gasteiger charge is -2.21. The number of para-hydroxylation sites is 1. The Kier molecular flexibility index (Phi) is 7.97. The van der Waals surface area contributed by atoms with Crippen LogP contribution in [0.3, 0.4) is 0 Å². The summed E-state index contributed by atoms with van der Waals surface area (Å²) >= 11 is 1.72. The van der Waals surface area contributed by atoms with Gasteiger partial charge in [-0.15, -0.1) is 11.8 Å². The number of ether oxygens (including phenoxy) is 1. The third-order valence-electron chi connectivity index (χ3n) is 4.87. The Morgan fingerprint density at radius 3 is 2.37 bits per heavy atom. The van der Waals surface area contributed by atoms with E-state index < -0.39 is 0 Å². The highest BCUT2D eigenvalue weighted by atomic mass is 32.2. The maximum atomic E-state index is 13.0. The maximum absolute atomic E-state index is 13.0. The lowest BCUT2D eigenvalue weighted by atomic mass is 9.96. The van der Waals surface area contributed by atoms with Crippen LogP contribution in [-0.2, 0) is 6.61 Å². The van der Waals surface area contributed by atoms with Gasteiger partial charge in [-0.2, -0.15) is 0 Å². The van der Waals surface area contributed by atoms with E-state index in [1.165, 1.54) is 4.90 Å². The molecule has 1 N–H and O–H groups in total. The van der Waals surface area contributed by atoms with E-state index in [1.54, 1.807) is 11.8 Å². The molecule has 0 radical (unpaired) electrons. The van der Waals surface area contributed by atoms with Gasteiger partial charge in [-0.3, -0.25) is 4.79 Å². The quantitative estimate of drug-likeness (QED) is 0.402. The molecule has 0 aromatic heterocycles. The SMILES string of the molecule is CSc1ccc(C(CC(C)C)NC(=O)c2cccc(COc3ccccc3)c2)cc1. The van der Waals surface area contributed by atoms with E-state index in [0.717, 1.165) is 23.3 Å². The van der Waals surface area contributed by atoms with Crippen molar-refractivity contribution in [3.05, 3.63) is 95.6 Å². The number of hydrogen-bond donors (Lipinski definition) is 1. The minimum atomic E-state index is -0.0591. The van der Waals surface area contributed by atoms with Crippen LogP contribution in [-0.4, -0.2) is 12.2 Å². The lowest BCUT2D eigenvalue weighted by molar-refractivity contribution is 0.0931. The van der Waals surface area contributed by atoms with Gasteiger partial charge >= 0.3 is 0 Å². The number of hydrogen-bond acceptors (Lipinski definition) is 3. The van der Waals surface area contributed by atoms with Crippen LogP contribution in [0, 0.1) is 5.92 Å². The zero-order valence-corrected chi connectivity index (χ0v) is 18.6. The van der Waals surface area contributed by atoms with Crippen molar-refractivity contribution < 1.29 is 9.53 Å². The molecule has 1 atom stereocenters. The Balaban J connectivity index is 1.70.